The van der Waals surface area contributed by atoms with Crippen LogP contribution in [0.25, 0.3) is 0 Å². The summed E-state index contributed by atoms with van der Waals surface area (Å²) >= 11 is 0. The molecule has 1 heterocycles. The van der Waals surface area contributed by atoms with Gasteiger partial charge < -0.3 is 10.6 Å². The van der Waals surface area contributed by atoms with E-state index in [2.05, 4.69) is 30.7 Å². The molecule has 0 amide bonds. The Morgan fingerprint density at radius 3 is 2.50 bits per heavy atom. The molecule has 2 N–H and O–H groups in total. The highest BCUT2D eigenvalue weighted by atomic mass is 15.1. The van der Waals surface area contributed by atoms with Gasteiger partial charge in [-0.1, -0.05) is 13.8 Å². The number of aliphatic imine (C=N–C) groups is 1. The predicted octanol–water partition coefficient (Wildman–Crippen LogP) is 1.98. The second-order valence-electron chi connectivity index (χ2n) is 3.40. The number of rotatable bonds is 2. The highest BCUT2D eigenvalue weighted by molar-refractivity contribution is 5.71. The van der Waals surface area contributed by atoms with Gasteiger partial charge in [0.05, 0.1) is 0 Å². The molecule has 0 aromatic rings. The minimum absolute atomic E-state index is 0.662. The molecule has 0 spiro atoms. The smallest absolute Gasteiger partial charge is 0.0430 e. The largest absolute Gasteiger partial charge is 0.353 e. The van der Waals surface area contributed by atoms with Crippen molar-refractivity contribution in [3.8, 4) is 0 Å². The molecule has 3 heteroatoms. The molecule has 0 radical (unpaired) electrons. The molecule has 3 nitrogen and oxygen atoms in total. The monoisotopic (exact) mass is 195 g/mol. The summed E-state index contributed by atoms with van der Waals surface area (Å²) in [6.07, 6.45) is 9.41. The molecule has 0 aliphatic carbocycles. The summed E-state index contributed by atoms with van der Waals surface area (Å²) in [6, 6.07) is 0. The van der Waals surface area contributed by atoms with Gasteiger partial charge in [0.2, 0.25) is 0 Å². The van der Waals surface area contributed by atoms with Gasteiger partial charge in [0.15, 0.2) is 0 Å². The van der Waals surface area contributed by atoms with Crippen molar-refractivity contribution < 1.29 is 0 Å². The van der Waals surface area contributed by atoms with Crippen LogP contribution in [-0.2, 0) is 0 Å². The first-order valence-electron chi connectivity index (χ1n) is 5.03. The fraction of sp³-hybridized carbons (Fsp3) is 0.545. The van der Waals surface area contributed by atoms with E-state index in [0.717, 1.165) is 13.1 Å². The Morgan fingerprint density at radius 2 is 2.00 bits per heavy atom. The van der Waals surface area contributed by atoms with E-state index in [1.165, 1.54) is 0 Å². The van der Waals surface area contributed by atoms with Crippen LogP contribution in [0.2, 0.25) is 0 Å². The van der Waals surface area contributed by atoms with Crippen LogP contribution < -0.4 is 5.73 Å². The van der Waals surface area contributed by atoms with E-state index in [0.29, 0.717) is 5.92 Å². The lowest BCUT2D eigenvalue weighted by Crippen LogP contribution is -2.06. The Labute approximate surface area is 87.0 Å². The van der Waals surface area contributed by atoms with Crippen molar-refractivity contribution in [2.45, 2.75) is 20.8 Å². The topological polar surface area (TPSA) is 41.6 Å². The molecule has 14 heavy (non-hydrogen) atoms. The summed E-state index contributed by atoms with van der Waals surface area (Å²) in [7, 11) is 0. The predicted molar refractivity (Wildman–Crippen MR) is 63.0 cm³/mol. The zero-order valence-corrected chi connectivity index (χ0v) is 9.35. The number of hydrogen-bond acceptors (Lipinski definition) is 3. The van der Waals surface area contributed by atoms with Gasteiger partial charge in [-0.3, -0.25) is 4.99 Å². The van der Waals surface area contributed by atoms with Crippen molar-refractivity contribution in [1.82, 2.24) is 4.90 Å². The molecule has 80 valence electrons. The van der Waals surface area contributed by atoms with E-state index in [4.69, 9.17) is 5.73 Å². The molecule has 1 rings (SSSR count). The minimum Gasteiger partial charge on any atom is -0.353 e. The van der Waals surface area contributed by atoms with Gasteiger partial charge in [-0.15, -0.1) is 0 Å². The molecule has 0 bridgehead atoms. The lowest BCUT2D eigenvalue weighted by molar-refractivity contribution is 0.537. The third-order valence-electron chi connectivity index (χ3n) is 1.63. The van der Waals surface area contributed by atoms with Crippen LogP contribution in [0.1, 0.15) is 20.8 Å². The fourth-order valence-electron chi connectivity index (χ4n) is 0.633. The third-order valence-corrected chi connectivity index (χ3v) is 1.63. The lowest BCUT2D eigenvalue weighted by atomic mass is 10.2. The van der Waals surface area contributed by atoms with E-state index in [1.807, 2.05) is 18.5 Å². The molecule has 0 aromatic carbocycles. The molecule has 0 fully saturated rings. The second-order valence-corrected chi connectivity index (χ2v) is 3.40. The van der Waals surface area contributed by atoms with Crippen LogP contribution in [0.5, 0.6) is 0 Å². The van der Waals surface area contributed by atoms with Crippen LogP contribution in [-0.4, -0.2) is 24.2 Å². The quantitative estimate of drug-likeness (QED) is 0.732. The molecule has 0 atom stereocenters. The number of allylic oxidation sites excluding steroid dienone is 1. The Kier molecular flexibility index (Phi) is 7.84. The average Bonchev–Trinajstić information content (AvgIpc) is 2.46. The molecule has 0 aromatic heterocycles. The Morgan fingerprint density at radius 1 is 1.36 bits per heavy atom. The van der Waals surface area contributed by atoms with Gasteiger partial charge >= 0.3 is 0 Å². The minimum atomic E-state index is 0.662. The maximum absolute atomic E-state index is 5.17. The average molecular weight is 195 g/mol. The van der Waals surface area contributed by atoms with E-state index < -0.39 is 0 Å². The Bertz CT molecular complexity index is 189. The van der Waals surface area contributed by atoms with Gasteiger partial charge in [0, 0.05) is 31.4 Å². The third kappa shape index (κ3) is 7.55. The number of nitrogens with zero attached hydrogens (tertiary/aromatic N) is 2. The molecule has 0 saturated heterocycles. The highest BCUT2D eigenvalue weighted by Gasteiger charge is 1.87. The summed E-state index contributed by atoms with van der Waals surface area (Å²) in [5.41, 5.74) is 5.17. The molecule has 1 aliphatic heterocycles. The molecule has 0 unspecified atom stereocenters. The normalized spacial score (nSPS) is 13.9. The van der Waals surface area contributed by atoms with Gasteiger partial charge in [-0.05, 0) is 25.5 Å². The van der Waals surface area contributed by atoms with Crippen molar-refractivity contribution in [2.75, 3.05) is 13.1 Å². The first kappa shape index (κ1) is 12.9. The lowest BCUT2D eigenvalue weighted by Gasteiger charge is -2.08. The summed E-state index contributed by atoms with van der Waals surface area (Å²) < 4.78 is 0. The van der Waals surface area contributed by atoms with E-state index in [9.17, 15) is 0 Å². The maximum Gasteiger partial charge on any atom is 0.0430 e. The Balaban J connectivity index is 0.000000292. The van der Waals surface area contributed by atoms with Crippen LogP contribution in [0.15, 0.2) is 29.7 Å². The fourth-order valence-corrected chi connectivity index (χ4v) is 0.633. The molecular formula is C11H21N3. The summed E-state index contributed by atoms with van der Waals surface area (Å²) in [4.78, 5) is 6.00. The highest BCUT2D eigenvalue weighted by Crippen LogP contribution is 1.93. The SMILES string of the molecule is CC(C)CN.CCN1C=CC=NC=C1. The van der Waals surface area contributed by atoms with E-state index >= 15 is 0 Å². The van der Waals surface area contributed by atoms with E-state index in [1.54, 1.807) is 12.4 Å². The van der Waals surface area contributed by atoms with Crippen molar-refractivity contribution in [1.29, 1.82) is 0 Å². The van der Waals surface area contributed by atoms with Crippen molar-refractivity contribution >= 4 is 6.21 Å². The van der Waals surface area contributed by atoms with Crippen LogP contribution >= 0.6 is 0 Å². The second kappa shape index (κ2) is 8.51. The van der Waals surface area contributed by atoms with Crippen molar-refractivity contribution in [3.05, 3.63) is 24.7 Å². The zero-order valence-electron chi connectivity index (χ0n) is 9.35. The van der Waals surface area contributed by atoms with Crippen LogP contribution in [0.3, 0.4) is 0 Å². The van der Waals surface area contributed by atoms with Gasteiger partial charge in [0.25, 0.3) is 0 Å². The van der Waals surface area contributed by atoms with Crippen LogP contribution in [0, 0.1) is 5.92 Å². The Hall–Kier alpha value is -1.09. The maximum atomic E-state index is 5.17. The summed E-state index contributed by atoms with van der Waals surface area (Å²) in [6.45, 7) is 8.09. The van der Waals surface area contributed by atoms with Crippen molar-refractivity contribution in [2.24, 2.45) is 16.6 Å². The first-order chi connectivity index (χ1) is 6.70. The van der Waals surface area contributed by atoms with Gasteiger partial charge in [-0.25, -0.2) is 0 Å². The molecule has 1 aliphatic rings. The number of nitrogens with two attached hydrogens (primary N) is 1. The summed E-state index contributed by atoms with van der Waals surface area (Å²) in [5, 5.41) is 0. The molecular weight excluding hydrogens is 174 g/mol. The van der Waals surface area contributed by atoms with E-state index in [-0.39, 0.29) is 0 Å². The van der Waals surface area contributed by atoms with Gasteiger partial charge in [0.1, 0.15) is 0 Å². The first-order valence-corrected chi connectivity index (χ1v) is 5.03. The zero-order chi connectivity index (χ0) is 10.8. The molecule has 0 saturated carbocycles. The van der Waals surface area contributed by atoms with Gasteiger partial charge in [-0.2, -0.15) is 0 Å². The van der Waals surface area contributed by atoms with Crippen molar-refractivity contribution in [3.63, 3.8) is 0 Å². The number of hydrogen-bond donors (Lipinski definition) is 1. The summed E-state index contributed by atoms with van der Waals surface area (Å²) in [5.74, 6) is 0.662. The standard InChI is InChI=1S/C7H10N2.C4H11N/c1-2-9-6-3-4-8-5-7-9;1-4(2)3-5/h3-7H,2H2,1H3;4H,3,5H2,1-2H3. The van der Waals surface area contributed by atoms with Crippen LogP contribution in [0.4, 0.5) is 0 Å².